The SMILES string of the molecule is CCOC(=O)c1c(C)oc2ncn(CC(=O)N[C@@H](C)c3ccc(F)cc3)c(=O)c12. The number of fused-ring (bicyclic) bond motifs is 1. The molecule has 152 valence electrons. The lowest BCUT2D eigenvalue weighted by Gasteiger charge is -2.15. The summed E-state index contributed by atoms with van der Waals surface area (Å²) in [5, 5.41) is 2.71. The number of hydrogen-bond donors (Lipinski definition) is 1. The Bertz CT molecular complexity index is 1120. The van der Waals surface area contributed by atoms with E-state index in [-0.39, 0.29) is 47.4 Å². The van der Waals surface area contributed by atoms with Gasteiger partial charge in [0.1, 0.15) is 35.4 Å². The van der Waals surface area contributed by atoms with Crippen molar-refractivity contribution in [2.45, 2.75) is 33.4 Å². The van der Waals surface area contributed by atoms with Gasteiger partial charge in [0.15, 0.2) is 0 Å². The summed E-state index contributed by atoms with van der Waals surface area (Å²) in [4.78, 5) is 41.4. The van der Waals surface area contributed by atoms with Crippen LogP contribution in [-0.2, 0) is 16.1 Å². The second kappa shape index (κ2) is 8.26. The minimum absolute atomic E-state index is 0.00638. The molecule has 0 aliphatic rings. The van der Waals surface area contributed by atoms with E-state index in [2.05, 4.69) is 10.3 Å². The molecule has 3 aromatic rings. The number of amides is 1. The van der Waals surface area contributed by atoms with E-state index in [9.17, 15) is 18.8 Å². The quantitative estimate of drug-likeness (QED) is 0.637. The summed E-state index contributed by atoms with van der Waals surface area (Å²) >= 11 is 0. The van der Waals surface area contributed by atoms with Gasteiger partial charge in [-0.15, -0.1) is 0 Å². The number of halogens is 1. The van der Waals surface area contributed by atoms with E-state index in [1.807, 2.05) is 0 Å². The molecular formula is C20H20FN3O5. The Hall–Kier alpha value is -3.49. The third-order valence-electron chi connectivity index (χ3n) is 4.40. The molecule has 0 fully saturated rings. The summed E-state index contributed by atoms with van der Waals surface area (Å²) < 4.78 is 24.5. The van der Waals surface area contributed by atoms with Crippen molar-refractivity contribution in [3.05, 3.63) is 63.7 Å². The average molecular weight is 401 g/mol. The minimum Gasteiger partial charge on any atom is -0.462 e. The van der Waals surface area contributed by atoms with Crippen LogP contribution >= 0.6 is 0 Å². The molecule has 0 aliphatic carbocycles. The number of nitrogens with one attached hydrogen (secondary N) is 1. The van der Waals surface area contributed by atoms with Crippen molar-refractivity contribution in [1.82, 2.24) is 14.9 Å². The fourth-order valence-corrected chi connectivity index (χ4v) is 2.98. The molecule has 0 aliphatic heterocycles. The van der Waals surface area contributed by atoms with Crippen molar-refractivity contribution in [2.75, 3.05) is 6.61 Å². The summed E-state index contributed by atoms with van der Waals surface area (Å²) in [6.45, 7) is 4.77. The molecule has 0 radical (unpaired) electrons. The first-order valence-corrected chi connectivity index (χ1v) is 9.02. The van der Waals surface area contributed by atoms with Crippen molar-refractivity contribution < 1.29 is 23.1 Å². The summed E-state index contributed by atoms with van der Waals surface area (Å²) in [5.74, 6) is -1.28. The van der Waals surface area contributed by atoms with Crippen LogP contribution in [0.3, 0.4) is 0 Å². The molecule has 29 heavy (non-hydrogen) atoms. The van der Waals surface area contributed by atoms with Gasteiger partial charge in [0.2, 0.25) is 11.6 Å². The molecule has 1 amide bonds. The minimum atomic E-state index is -0.685. The molecule has 0 unspecified atom stereocenters. The van der Waals surface area contributed by atoms with Crippen LogP contribution in [0.5, 0.6) is 0 Å². The van der Waals surface area contributed by atoms with Crippen LogP contribution in [0.4, 0.5) is 4.39 Å². The molecule has 0 bridgehead atoms. The van der Waals surface area contributed by atoms with Gasteiger partial charge in [-0.25, -0.2) is 14.2 Å². The highest BCUT2D eigenvalue weighted by Gasteiger charge is 2.24. The van der Waals surface area contributed by atoms with Crippen LogP contribution in [0.2, 0.25) is 0 Å². The summed E-state index contributed by atoms with van der Waals surface area (Å²) in [7, 11) is 0. The first-order valence-electron chi connectivity index (χ1n) is 9.02. The van der Waals surface area contributed by atoms with Gasteiger partial charge in [-0.05, 0) is 38.5 Å². The molecular weight excluding hydrogens is 381 g/mol. The summed E-state index contributed by atoms with van der Waals surface area (Å²) in [6.07, 6.45) is 1.19. The first-order chi connectivity index (χ1) is 13.8. The molecule has 9 heteroatoms. The molecule has 0 saturated carbocycles. The van der Waals surface area contributed by atoms with Crippen LogP contribution in [-0.4, -0.2) is 28.0 Å². The third-order valence-corrected chi connectivity index (χ3v) is 4.40. The number of furan rings is 1. The van der Waals surface area contributed by atoms with Crippen LogP contribution < -0.4 is 10.9 Å². The fourth-order valence-electron chi connectivity index (χ4n) is 2.98. The first kappa shape index (κ1) is 20.2. The maximum Gasteiger partial charge on any atom is 0.342 e. The van der Waals surface area contributed by atoms with Crippen molar-refractivity contribution in [2.24, 2.45) is 0 Å². The zero-order chi connectivity index (χ0) is 21.1. The number of esters is 1. The van der Waals surface area contributed by atoms with E-state index in [0.29, 0.717) is 0 Å². The molecule has 0 spiro atoms. The highest BCUT2D eigenvalue weighted by molar-refractivity contribution is 6.03. The van der Waals surface area contributed by atoms with E-state index in [0.717, 1.165) is 10.1 Å². The number of nitrogens with zero attached hydrogens (tertiary/aromatic N) is 2. The summed E-state index contributed by atoms with van der Waals surface area (Å²) in [5.41, 5.74) is 0.149. The molecule has 2 aromatic heterocycles. The third kappa shape index (κ3) is 4.18. The lowest BCUT2D eigenvalue weighted by molar-refractivity contribution is -0.122. The van der Waals surface area contributed by atoms with Gasteiger partial charge in [0.25, 0.3) is 5.56 Å². The van der Waals surface area contributed by atoms with Gasteiger partial charge >= 0.3 is 5.97 Å². The van der Waals surface area contributed by atoms with Crippen LogP contribution in [0.25, 0.3) is 11.1 Å². The second-order valence-corrected chi connectivity index (χ2v) is 6.45. The number of carbonyl (C=O) groups is 2. The van der Waals surface area contributed by atoms with Crippen molar-refractivity contribution in [3.8, 4) is 0 Å². The van der Waals surface area contributed by atoms with E-state index in [1.54, 1.807) is 26.0 Å². The molecule has 8 nitrogen and oxygen atoms in total. The molecule has 3 rings (SSSR count). The van der Waals surface area contributed by atoms with Gasteiger partial charge in [0.05, 0.1) is 12.6 Å². The summed E-state index contributed by atoms with van der Waals surface area (Å²) in [6, 6.07) is 5.36. The van der Waals surface area contributed by atoms with Gasteiger partial charge in [-0.2, -0.15) is 0 Å². The standard InChI is InChI=1S/C20H20FN3O5/c1-4-28-20(27)16-12(3)29-18-17(16)19(26)24(10-22-18)9-15(25)23-11(2)13-5-7-14(21)8-6-13/h5-8,10-11H,4,9H2,1-3H3,(H,23,25)/t11-/m0/s1. The predicted octanol–water partition coefficient (Wildman–Crippen LogP) is 2.49. The largest absolute Gasteiger partial charge is 0.462 e. The zero-order valence-electron chi connectivity index (χ0n) is 16.2. The Labute approximate surface area is 165 Å². The van der Waals surface area contributed by atoms with Gasteiger partial charge in [0, 0.05) is 0 Å². The molecule has 0 saturated heterocycles. The molecule has 1 atom stereocenters. The van der Waals surface area contributed by atoms with Crippen molar-refractivity contribution in [3.63, 3.8) is 0 Å². The predicted molar refractivity (Wildman–Crippen MR) is 102 cm³/mol. The van der Waals surface area contributed by atoms with Gasteiger partial charge < -0.3 is 14.5 Å². The van der Waals surface area contributed by atoms with Crippen molar-refractivity contribution in [1.29, 1.82) is 0 Å². The Balaban J connectivity index is 1.84. The Morgan fingerprint density at radius 1 is 1.31 bits per heavy atom. The highest BCUT2D eigenvalue weighted by Crippen LogP contribution is 2.21. The molecule has 1 N–H and O–H groups in total. The molecule has 1 aromatic carbocycles. The Kier molecular flexibility index (Phi) is 5.76. The zero-order valence-corrected chi connectivity index (χ0v) is 16.2. The maximum absolute atomic E-state index is 13.0. The normalized spacial score (nSPS) is 12.0. The Morgan fingerprint density at radius 2 is 2.00 bits per heavy atom. The number of aryl methyl sites for hydroxylation is 1. The van der Waals surface area contributed by atoms with Gasteiger partial charge in [-0.3, -0.25) is 14.2 Å². The van der Waals surface area contributed by atoms with E-state index in [4.69, 9.17) is 9.15 Å². The van der Waals surface area contributed by atoms with E-state index >= 15 is 0 Å². The van der Waals surface area contributed by atoms with Crippen LogP contribution in [0, 0.1) is 12.7 Å². The van der Waals surface area contributed by atoms with Crippen LogP contribution in [0.15, 0.2) is 39.8 Å². The van der Waals surface area contributed by atoms with Gasteiger partial charge in [-0.1, -0.05) is 12.1 Å². The second-order valence-electron chi connectivity index (χ2n) is 6.45. The smallest absolute Gasteiger partial charge is 0.342 e. The number of benzene rings is 1. The Morgan fingerprint density at radius 3 is 2.66 bits per heavy atom. The van der Waals surface area contributed by atoms with E-state index < -0.39 is 17.4 Å². The topological polar surface area (TPSA) is 103 Å². The van der Waals surface area contributed by atoms with Crippen LogP contribution in [0.1, 0.15) is 41.6 Å². The van der Waals surface area contributed by atoms with Crippen molar-refractivity contribution >= 4 is 23.0 Å². The monoisotopic (exact) mass is 401 g/mol. The fraction of sp³-hybridized carbons (Fsp3) is 0.300. The highest BCUT2D eigenvalue weighted by atomic mass is 19.1. The number of rotatable bonds is 6. The number of carbonyl (C=O) groups excluding carboxylic acids is 2. The lowest BCUT2D eigenvalue weighted by Crippen LogP contribution is -2.34. The number of hydrogen-bond acceptors (Lipinski definition) is 6. The number of ether oxygens (including phenoxy) is 1. The average Bonchev–Trinajstić information content (AvgIpc) is 3.01. The maximum atomic E-state index is 13.0. The lowest BCUT2D eigenvalue weighted by atomic mass is 10.1. The molecule has 2 heterocycles. The number of aromatic nitrogens is 2. The van der Waals surface area contributed by atoms with E-state index in [1.165, 1.54) is 25.4 Å².